The van der Waals surface area contributed by atoms with Gasteiger partial charge in [0.05, 0.1) is 0 Å². The number of alkyl halides is 2. The Balaban J connectivity index is 2.77. The van der Waals surface area contributed by atoms with Crippen LogP contribution in [0.15, 0.2) is 18.2 Å². The molecule has 0 atom stereocenters. The second kappa shape index (κ2) is 5.29. The first kappa shape index (κ1) is 12.2. The molecule has 0 saturated heterocycles. The molecule has 0 bridgehead atoms. The first-order valence-electron chi connectivity index (χ1n) is 4.47. The number of rotatable bonds is 5. The summed E-state index contributed by atoms with van der Waals surface area (Å²) in [5.74, 6) is -1.42. The molecule has 16 heavy (non-hydrogen) atoms. The van der Waals surface area contributed by atoms with E-state index in [1.807, 2.05) is 0 Å². The molecule has 1 aromatic rings. The van der Waals surface area contributed by atoms with Crippen molar-refractivity contribution in [2.24, 2.45) is 0 Å². The van der Waals surface area contributed by atoms with Gasteiger partial charge in [0.25, 0.3) is 0 Å². The molecule has 0 radical (unpaired) electrons. The van der Waals surface area contributed by atoms with E-state index in [0.29, 0.717) is 5.56 Å². The monoisotopic (exact) mass is 232 g/mol. The summed E-state index contributed by atoms with van der Waals surface area (Å²) in [4.78, 5) is 10.3. The molecule has 0 heterocycles. The number of hydrogen-bond donors (Lipinski definition) is 2. The molecule has 6 heteroatoms. The van der Waals surface area contributed by atoms with Crippen LogP contribution in [-0.4, -0.2) is 22.8 Å². The van der Waals surface area contributed by atoms with Crippen LogP contribution < -0.4 is 4.74 Å². The minimum Gasteiger partial charge on any atom is -0.508 e. The molecule has 0 aliphatic carbocycles. The number of aromatic hydroxyl groups is 1. The lowest BCUT2D eigenvalue weighted by Gasteiger charge is -2.07. The van der Waals surface area contributed by atoms with Crippen LogP contribution in [0.25, 0.3) is 0 Å². The van der Waals surface area contributed by atoms with Gasteiger partial charge in [-0.1, -0.05) is 0 Å². The van der Waals surface area contributed by atoms with Crippen molar-refractivity contribution < 1.29 is 28.5 Å². The second-order valence-electron chi connectivity index (χ2n) is 3.11. The summed E-state index contributed by atoms with van der Waals surface area (Å²) < 4.78 is 27.9. The van der Waals surface area contributed by atoms with Crippen LogP contribution in [0.2, 0.25) is 0 Å². The lowest BCUT2D eigenvalue weighted by molar-refractivity contribution is -0.136. The SMILES string of the molecule is O=C(O)CCc1cc(O)cc(OC(F)F)c1. The highest BCUT2D eigenvalue weighted by Crippen LogP contribution is 2.24. The van der Waals surface area contributed by atoms with Gasteiger partial charge in [-0.3, -0.25) is 4.79 Å². The molecule has 0 aliphatic heterocycles. The Bertz CT molecular complexity index is 379. The third-order valence-corrected chi connectivity index (χ3v) is 1.80. The van der Waals surface area contributed by atoms with Crippen molar-refractivity contribution >= 4 is 5.97 Å². The summed E-state index contributed by atoms with van der Waals surface area (Å²) in [5, 5.41) is 17.6. The highest BCUT2D eigenvalue weighted by atomic mass is 19.3. The molecule has 2 N–H and O–H groups in total. The fourth-order valence-electron chi connectivity index (χ4n) is 1.21. The van der Waals surface area contributed by atoms with E-state index < -0.39 is 12.6 Å². The van der Waals surface area contributed by atoms with Crippen LogP contribution >= 0.6 is 0 Å². The van der Waals surface area contributed by atoms with Gasteiger partial charge in [-0.15, -0.1) is 0 Å². The van der Waals surface area contributed by atoms with Gasteiger partial charge < -0.3 is 14.9 Å². The van der Waals surface area contributed by atoms with Crippen LogP contribution in [0.5, 0.6) is 11.5 Å². The third-order valence-electron chi connectivity index (χ3n) is 1.80. The van der Waals surface area contributed by atoms with Gasteiger partial charge >= 0.3 is 12.6 Å². The summed E-state index contributed by atoms with van der Waals surface area (Å²) in [6, 6.07) is 3.62. The van der Waals surface area contributed by atoms with Gasteiger partial charge in [0.1, 0.15) is 11.5 Å². The van der Waals surface area contributed by atoms with E-state index in [4.69, 9.17) is 5.11 Å². The summed E-state index contributed by atoms with van der Waals surface area (Å²) in [6.07, 6.45) is 0.000896. The maximum absolute atomic E-state index is 11.9. The zero-order valence-electron chi connectivity index (χ0n) is 8.19. The number of hydrogen-bond acceptors (Lipinski definition) is 3. The number of phenolic OH excluding ortho intramolecular Hbond substituents is 1. The molecule has 88 valence electrons. The summed E-state index contributed by atoms with van der Waals surface area (Å²) in [6.45, 7) is -2.98. The Kier molecular flexibility index (Phi) is 4.04. The number of halogens is 2. The minimum atomic E-state index is -2.98. The number of benzene rings is 1. The predicted octanol–water partition coefficient (Wildman–Crippen LogP) is 2.01. The molecule has 4 nitrogen and oxygen atoms in total. The average molecular weight is 232 g/mol. The topological polar surface area (TPSA) is 66.8 Å². The largest absolute Gasteiger partial charge is 0.508 e. The molecule has 0 amide bonds. The number of aliphatic carboxylic acids is 1. The number of phenols is 1. The molecule has 1 aromatic carbocycles. The standard InChI is InChI=1S/C10H10F2O4/c11-10(12)16-8-4-6(1-2-9(14)15)3-7(13)5-8/h3-5,10,13H,1-2H2,(H,14,15). The van der Waals surface area contributed by atoms with Gasteiger partial charge in [-0.2, -0.15) is 8.78 Å². The lowest BCUT2D eigenvalue weighted by atomic mass is 10.1. The molecule has 0 saturated carbocycles. The molecular weight excluding hydrogens is 222 g/mol. The van der Waals surface area contributed by atoms with E-state index in [9.17, 15) is 18.7 Å². The smallest absolute Gasteiger partial charge is 0.387 e. The van der Waals surface area contributed by atoms with E-state index in [0.717, 1.165) is 6.07 Å². The predicted molar refractivity (Wildman–Crippen MR) is 50.7 cm³/mol. The number of carbonyl (C=O) groups is 1. The van der Waals surface area contributed by atoms with Crippen molar-refractivity contribution in [1.29, 1.82) is 0 Å². The molecule has 0 fully saturated rings. The van der Waals surface area contributed by atoms with Crippen LogP contribution in [0.3, 0.4) is 0 Å². The van der Waals surface area contributed by atoms with Gasteiger partial charge in [0.2, 0.25) is 0 Å². The van der Waals surface area contributed by atoms with Crippen LogP contribution in [0.1, 0.15) is 12.0 Å². The fourth-order valence-corrected chi connectivity index (χ4v) is 1.21. The second-order valence-corrected chi connectivity index (χ2v) is 3.11. The van der Waals surface area contributed by atoms with E-state index in [1.165, 1.54) is 12.1 Å². The number of aryl methyl sites for hydroxylation is 1. The molecule has 0 aliphatic rings. The lowest BCUT2D eigenvalue weighted by Crippen LogP contribution is -2.03. The molecule has 0 aromatic heterocycles. The minimum absolute atomic E-state index is 0.141. The van der Waals surface area contributed by atoms with Crippen molar-refractivity contribution in [1.82, 2.24) is 0 Å². The number of carboxylic acid groups (broad SMARTS) is 1. The Hall–Kier alpha value is -1.85. The van der Waals surface area contributed by atoms with Crippen molar-refractivity contribution in [3.8, 4) is 11.5 Å². The van der Waals surface area contributed by atoms with Crippen LogP contribution in [0, 0.1) is 0 Å². The third kappa shape index (κ3) is 4.12. The summed E-state index contributed by atoms with van der Waals surface area (Å²) >= 11 is 0. The van der Waals surface area contributed by atoms with Crippen molar-refractivity contribution in [3.05, 3.63) is 23.8 Å². The number of carboxylic acids is 1. The van der Waals surface area contributed by atoms with Gasteiger partial charge in [0.15, 0.2) is 0 Å². The van der Waals surface area contributed by atoms with Gasteiger partial charge in [-0.25, -0.2) is 0 Å². The Morgan fingerprint density at radius 1 is 1.38 bits per heavy atom. The maximum Gasteiger partial charge on any atom is 0.387 e. The first-order valence-corrected chi connectivity index (χ1v) is 4.47. The molecular formula is C10H10F2O4. The van der Waals surface area contributed by atoms with Crippen molar-refractivity contribution in [2.75, 3.05) is 0 Å². The molecule has 0 unspecified atom stereocenters. The quantitative estimate of drug-likeness (QED) is 0.814. The average Bonchev–Trinajstić information content (AvgIpc) is 2.12. The molecule has 1 rings (SSSR count). The van der Waals surface area contributed by atoms with Crippen molar-refractivity contribution in [2.45, 2.75) is 19.5 Å². The first-order chi connectivity index (χ1) is 7.47. The van der Waals surface area contributed by atoms with Gasteiger partial charge in [-0.05, 0) is 24.1 Å². The van der Waals surface area contributed by atoms with Crippen molar-refractivity contribution in [3.63, 3.8) is 0 Å². The fraction of sp³-hybridized carbons (Fsp3) is 0.300. The Labute approximate surface area is 90.1 Å². The maximum atomic E-state index is 11.9. The number of ether oxygens (including phenoxy) is 1. The summed E-state index contributed by atoms with van der Waals surface area (Å²) in [5.41, 5.74) is 0.429. The summed E-state index contributed by atoms with van der Waals surface area (Å²) in [7, 11) is 0. The van der Waals surface area contributed by atoms with E-state index >= 15 is 0 Å². The van der Waals surface area contributed by atoms with Gasteiger partial charge in [0, 0.05) is 12.5 Å². The highest BCUT2D eigenvalue weighted by Gasteiger charge is 2.08. The molecule has 0 spiro atoms. The Morgan fingerprint density at radius 3 is 2.62 bits per heavy atom. The van der Waals surface area contributed by atoms with E-state index in [2.05, 4.69) is 4.74 Å². The van der Waals surface area contributed by atoms with E-state index in [-0.39, 0.29) is 24.3 Å². The highest BCUT2D eigenvalue weighted by molar-refractivity contribution is 5.67. The van der Waals surface area contributed by atoms with Crippen LogP contribution in [0.4, 0.5) is 8.78 Å². The zero-order chi connectivity index (χ0) is 12.1. The Morgan fingerprint density at radius 2 is 2.06 bits per heavy atom. The zero-order valence-corrected chi connectivity index (χ0v) is 8.19. The normalized spacial score (nSPS) is 10.4. The van der Waals surface area contributed by atoms with Crippen LogP contribution in [-0.2, 0) is 11.2 Å². The van der Waals surface area contributed by atoms with E-state index in [1.54, 1.807) is 0 Å².